The van der Waals surface area contributed by atoms with E-state index in [9.17, 15) is 14.7 Å². The second-order valence-electron chi connectivity index (χ2n) is 7.97. The van der Waals surface area contributed by atoms with Crippen LogP contribution < -0.4 is 0 Å². The van der Waals surface area contributed by atoms with E-state index in [1.54, 1.807) is 0 Å². The molecule has 0 aromatic carbocycles. The number of aliphatic hydroxyl groups is 1. The van der Waals surface area contributed by atoms with Crippen molar-refractivity contribution in [2.45, 2.75) is 70.5 Å². The normalized spacial score (nSPS) is 14.6. The second-order valence-corrected chi connectivity index (χ2v) is 7.97. The van der Waals surface area contributed by atoms with Gasteiger partial charge in [-0.1, -0.05) is 37.1 Å². The summed E-state index contributed by atoms with van der Waals surface area (Å²) in [6.45, 7) is 2.42. The molecule has 6 nitrogen and oxygen atoms in total. The average Bonchev–Trinajstić information content (AvgIpc) is 2.53. The summed E-state index contributed by atoms with van der Waals surface area (Å²) in [6.07, 6.45) is 12.0. The number of esters is 1. The van der Waals surface area contributed by atoms with Crippen LogP contribution in [0.25, 0.3) is 0 Å². The van der Waals surface area contributed by atoms with Crippen LogP contribution in [0.5, 0.6) is 0 Å². The number of nitrogens with zero attached hydrogens (tertiary/aromatic N) is 1. The number of aliphatic hydroxyl groups excluding tert-OH is 1. The average molecular weight is 385 g/mol. The Balaban J connectivity index is 4.01. The number of carbonyl (C=O) groups is 2. The van der Waals surface area contributed by atoms with E-state index >= 15 is 0 Å². The number of allylic oxidation sites excluding steroid dienone is 4. The van der Waals surface area contributed by atoms with Gasteiger partial charge >= 0.3 is 11.9 Å². The maximum Gasteiger partial charge on any atom is 0.307 e. The summed E-state index contributed by atoms with van der Waals surface area (Å²) < 4.78 is 5.83. The fourth-order valence-corrected chi connectivity index (χ4v) is 2.73. The summed E-state index contributed by atoms with van der Waals surface area (Å²) in [7, 11) is 5.76. The van der Waals surface area contributed by atoms with Crippen molar-refractivity contribution in [1.82, 2.24) is 0 Å². The first-order valence-corrected chi connectivity index (χ1v) is 9.81. The van der Waals surface area contributed by atoms with Crippen molar-refractivity contribution in [2.24, 2.45) is 0 Å². The standard InChI is InChI=1S/C21H37NO5/c1-5-6-7-8-9-10-11-12-13-18(23)14-15-21(26)27-19(16-20(24)25)17-22(2,3)4/h5-8,18-19,23H,9-17H2,1-4H3/p+1/b6-5+,8-7+. The Hall–Kier alpha value is -1.66. The number of quaternary nitrogens is 1. The molecule has 0 rings (SSSR count). The minimum atomic E-state index is -0.984. The number of rotatable bonds is 15. The summed E-state index contributed by atoms with van der Waals surface area (Å²) in [6, 6.07) is 0. The highest BCUT2D eigenvalue weighted by molar-refractivity contribution is 5.71. The summed E-state index contributed by atoms with van der Waals surface area (Å²) in [5.41, 5.74) is 0. The molecule has 2 atom stereocenters. The molecular weight excluding hydrogens is 346 g/mol. The first kappa shape index (κ1) is 25.3. The molecule has 156 valence electrons. The summed E-state index contributed by atoms with van der Waals surface area (Å²) >= 11 is 0. The third-order valence-electron chi connectivity index (χ3n) is 3.98. The van der Waals surface area contributed by atoms with E-state index in [0.717, 1.165) is 25.7 Å². The Morgan fingerprint density at radius 1 is 1.07 bits per heavy atom. The van der Waals surface area contributed by atoms with E-state index in [1.807, 2.05) is 46.3 Å². The molecule has 0 saturated heterocycles. The molecule has 0 amide bonds. The summed E-state index contributed by atoms with van der Waals surface area (Å²) in [5.74, 6) is -1.43. The molecule has 0 fully saturated rings. The number of likely N-dealkylation sites (N-methyl/N-ethyl adjacent to an activating group) is 1. The van der Waals surface area contributed by atoms with E-state index in [4.69, 9.17) is 9.84 Å². The van der Waals surface area contributed by atoms with Crippen molar-refractivity contribution < 1.29 is 29.0 Å². The lowest BCUT2D eigenvalue weighted by Crippen LogP contribution is -2.43. The van der Waals surface area contributed by atoms with Gasteiger partial charge in [0, 0.05) is 6.42 Å². The lowest BCUT2D eigenvalue weighted by atomic mass is 10.1. The molecule has 0 heterocycles. The number of hydrogen-bond donors (Lipinski definition) is 2. The zero-order chi connectivity index (χ0) is 20.7. The molecule has 0 spiro atoms. The van der Waals surface area contributed by atoms with E-state index < -0.39 is 24.1 Å². The molecule has 0 saturated carbocycles. The number of carboxylic acid groups (broad SMARTS) is 1. The smallest absolute Gasteiger partial charge is 0.307 e. The van der Waals surface area contributed by atoms with E-state index in [1.165, 1.54) is 0 Å². The van der Waals surface area contributed by atoms with Crippen molar-refractivity contribution in [1.29, 1.82) is 0 Å². The Kier molecular flexibility index (Phi) is 13.5. The maximum atomic E-state index is 12.0. The number of carboxylic acids is 1. The van der Waals surface area contributed by atoms with Crippen molar-refractivity contribution in [3.8, 4) is 0 Å². The van der Waals surface area contributed by atoms with Crippen LogP contribution in [-0.2, 0) is 14.3 Å². The zero-order valence-electron chi connectivity index (χ0n) is 17.4. The van der Waals surface area contributed by atoms with Crippen LogP contribution in [0.4, 0.5) is 0 Å². The highest BCUT2D eigenvalue weighted by Crippen LogP contribution is 2.12. The molecule has 0 radical (unpaired) electrons. The first-order valence-electron chi connectivity index (χ1n) is 9.81. The molecule has 27 heavy (non-hydrogen) atoms. The quantitative estimate of drug-likeness (QED) is 0.196. The lowest BCUT2D eigenvalue weighted by molar-refractivity contribution is -0.873. The molecule has 0 bridgehead atoms. The van der Waals surface area contributed by atoms with Crippen LogP contribution in [-0.4, -0.2) is 66.5 Å². The van der Waals surface area contributed by atoms with Gasteiger partial charge in [0.2, 0.25) is 0 Å². The van der Waals surface area contributed by atoms with Gasteiger partial charge in [-0.15, -0.1) is 0 Å². The molecular formula is C21H38NO5+. The monoisotopic (exact) mass is 384 g/mol. The number of hydrogen-bond acceptors (Lipinski definition) is 4. The molecule has 2 unspecified atom stereocenters. The van der Waals surface area contributed by atoms with Gasteiger partial charge in [0.15, 0.2) is 6.10 Å². The molecule has 6 heteroatoms. The highest BCUT2D eigenvalue weighted by Gasteiger charge is 2.24. The number of ether oxygens (including phenoxy) is 1. The van der Waals surface area contributed by atoms with E-state index in [-0.39, 0.29) is 12.8 Å². The fourth-order valence-electron chi connectivity index (χ4n) is 2.73. The lowest BCUT2D eigenvalue weighted by Gasteiger charge is -2.28. The summed E-state index contributed by atoms with van der Waals surface area (Å²) in [5, 5.41) is 19.0. The van der Waals surface area contributed by atoms with Crippen LogP contribution in [0, 0.1) is 0 Å². The van der Waals surface area contributed by atoms with Crippen LogP contribution >= 0.6 is 0 Å². The molecule has 0 aromatic heterocycles. The van der Waals surface area contributed by atoms with Crippen molar-refractivity contribution in [2.75, 3.05) is 27.7 Å². The molecule has 0 aliphatic rings. The van der Waals surface area contributed by atoms with Crippen LogP contribution in [0.15, 0.2) is 24.3 Å². The molecule has 0 aliphatic carbocycles. The maximum absolute atomic E-state index is 12.0. The van der Waals surface area contributed by atoms with Gasteiger partial charge < -0.3 is 19.4 Å². The SMILES string of the molecule is C/C=C/C=C/CCCCCC(O)CCC(=O)OC(CC(=O)O)C[N+](C)(C)C. The van der Waals surface area contributed by atoms with Gasteiger partial charge in [-0.05, 0) is 32.6 Å². The minimum absolute atomic E-state index is 0.112. The summed E-state index contributed by atoms with van der Waals surface area (Å²) in [4.78, 5) is 22.9. The number of unbranched alkanes of at least 4 members (excludes halogenated alkanes) is 3. The Labute approximate surface area is 164 Å². The van der Waals surface area contributed by atoms with Gasteiger partial charge in [-0.2, -0.15) is 0 Å². The third kappa shape index (κ3) is 17.5. The van der Waals surface area contributed by atoms with Gasteiger partial charge in [0.05, 0.1) is 33.7 Å². The predicted molar refractivity (Wildman–Crippen MR) is 107 cm³/mol. The Morgan fingerprint density at radius 2 is 1.78 bits per heavy atom. The van der Waals surface area contributed by atoms with Crippen molar-refractivity contribution >= 4 is 11.9 Å². The Bertz CT molecular complexity index is 479. The van der Waals surface area contributed by atoms with E-state index in [2.05, 4.69) is 6.08 Å². The first-order chi connectivity index (χ1) is 12.6. The molecule has 0 aliphatic heterocycles. The van der Waals surface area contributed by atoms with Gasteiger partial charge in [-0.25, -0.2) is 0 Å². The predicted octanol–water partition coefficient (Wildman–Crippen LogP) is 3.30. The van der Waals surface area contributed by atoms with Gasteiger partial charge in [0.25, 0.3) is 0 Å². The van der Waals surface area contributed by atoms with Gasteiger partial charge in [-0.3, -0.25) is 9.59 Å². The Morgan fingerprint density at radius 3 is 2.37 bits per heavy atom. The van der Waals surface area contributed by atoms with E-state index in [0.29, 0.717) is 23.9 Å². The van der Waals surface area contributed by atoms with Crippen molar-refractivity contribution in [3.05, 3.63) is 24.3 Å². The largest absolute Gasteiger partial charge is 0.481 e. The third-order valence-corrected chi connectivity index (χ3v) is 3.98. The second kappa shape index (κ2) is 14.4. The fraction of sp³-hybridized carbons (Fsp3) is 0.714. The van der Waals surface area contributed by atoms with Crippen LogP contribution in [0.2, 0.25) is 0 Å². The van der Waals surface area contributed by atoms with Crippen LogP contribution in [0.1, 0.15) is 58.3 Å². The number of carbonyl (C=O) groups excluding carboxylic acids is 1. The number of aliphatic carboxylic acids is 1. The minimum Gasteiger partial charge on any atom is -0.481 e. The molecule has 2 N–H and O–H groups in total. The topological polar surface area (TPSA) is 83.8 Å². The zero-order valence-corrected chi connectivity index (χ0v) is 17.4. The molecule has 0 aromatic rings. The van der Waals surface area contributed by atoms with Crippen molar-refractivity contribution in [3.63, 3.8) is 0 Å². The highest BCUT2D eigenvalue weighted by atomic mass is 16.5. The van der Waals surface area contributed by atoms with Crippen LogP contribution in [0.3, 0.4) is 0 Å². The van der Waals surface area contributed by atoms with Gasteiger partial charge in [0.1, 0.15) is 6.54 Å².